The largest absolute Gasteiger partial charge is 1.00 e. The molecule has 2 aromatic rings. The van der Waals surface area contributed by atoms with Crippen LogP contribution in [0.25, 0.3) is 0 Å². The van der Waals surface area contributed by atoms with Gasteiger partial charge >= 0.3 is 0 Å². The number of para-hydroxylation sites is 1. The number of anilines is 1. The molecular weight excluding hydrogens is 396 g/mol. The average Bonchev–Trinajstić information content (AvgIpc) is 2.73. The Labute approximate surface area is 166 Å². The van der Waals surface area contributed by atoms with Gasteiger partial charge in [0.2, 0.25) is 11.6 Å². The van der Waals surface area contributed by atoms with Gasteiger partial charge < -0.3 is 22.3 Å². The first-order valence-corrected chi connectivity index (χ1v) is 9.43. The van der Waals surface area contributed by atoms with E-state index >= 15 is 0 Å². The lowest BCUT2D eigenvalue weighted by Crippen LogP contribution is -3.00. The number of aryl methyl sites for hydroxylation is 2. The van der Waals surface area contributed by atoms with E-state index < -0.39 is 0 Å². The van der Waals surface area contributed by atoms with Crippen LogP contribution in [0.4, 0.5) is 5.69 Å². The molecule has 1 heterocycles. The minimum absolute atomic E-state index is 0. The fraction of sp³-hybridized carbons (Fsp3) is 0.500. The molecule has 0 saturated heterocycles. The van der Waals surface area contributed by atoms with Gasteiger partial charge in [0.15, 0.2) is 5.69 Å². The number of carbonyl (C=O) groups excluding carboxylic acids is 1. The molecule has 25 heavy (non-hydrogen) atoms. The highest BCUT2D eigenvalue weighted by molar-refractivity contribution is 7.11. The minimum atomic E-state index is 0. The highest BCUT2D eigenvalue weighted by Crippen LogP contribution is 2.32. The first-order chi connectivity index (χ1) is 11.2. The number of hydrogen-bond donors (Lipinski definition) is 1. The van der Waals surface area contributed by atoms with Gasteiger partial charge in [-0.1, -0.05) is 57.2 Å². The Morgan fingerprint density at radius 3 is 2.00 bits per heavy atom. The Hall–Kier alpha value is -1.20. The Bertz CT molecular complexity index is 724. The van der Waals surface area contributed by atoms with E-state index in [1.165, 1.54) is 26.7 Å². The SMILES string of the molecule is Cc1sc(C)[n+](CC(=O)Nc2c(C(C)C)cccc2C(C)C)c1C.[Br-]. The molecule has 0 atom stereocenters. The second-order valence-electron chi connectivity index (χ2n) is 7.02. The van der Waals surface area contributed by atoms with Crippen LogP contribution in [0.2, 0.25) is 0 Å². The van der Waals surface area contributed by atoms with Gasteiger partial charge in [0.25, 0.3) is 5.91 Å². The summed E-state index contributed by atoms with van der Waals surface area (Å²) in [6, 6.07) is 6.32. The van der Waals surface area contributed by atoms with Crippen molar-refractivity contribution in [1.29, 1.82) is 0 Å². The summed E-state index contributed by atoms with van der Waals surface area (Å²) in [5.41, 5.74) is 4.58. The lowest BCUT2D eigenvalue weighted by molar-refractivity contribution is -0.691. The highest BCUT2D eigenvalue weighted by atomic mass is 79.9. The summed E-state index contributed by atoms with van der Waals surface area (Å²) in [6.45, 7) is 15.3. The second-order valence-corrected chi connectivity index (χ2v) is 8.43. The molecule has 1 N–H and O–H groups in total. The Morgan fingerprint density at radius 2 is 1.60 bits per heavy atom. The normalized spacial score (nSPS) is 10.9. The number of aromatic nitrogens is 1. The van der Waals surface area contributed by atoms with Gasteiger partial charge in [0.1, 0.15) is 0 Å². The number of carbonyl (C=O) groups is 1. The van der Waals surface area contributed by atoms with E-state index in [1.54, 1.807) is 11.3 Å². The first-order valence-electron chi connectivity index (χ1n) is 8.61. The summed E-state index contributed by atoms with van der Waals surface area (Å²) in [7, 11) is 0. The van der Waals surface area contributed by atoms with Crippen molar-refractivity contribution < 1.29 is 26.3 Å². The van der Waals surface area contributed by atoms with Crippen molar-refractivity contribution in [3.05, 3.63) is 44.9 Å². The number of nitrogens with one attached hydrogen (secondary N) is 1. The van der Waals surface area contributed by atoms with Crippen molar-refractivity contribution >= 4 is 22.9 Å². The molecule has 0 spiro atoms. The van der Waals surface area contributed by atoms with Crippen molar-refractivity contribution in [2.24, 2.45) is 0 Å². The molecule has 2 rings (SSSR count). The van der Waals surface area contributed by atoms with Crippen molar-refractivity contribution in [2.75, 3.05) is 5.32 Å². The Balaban J connectivity index is 0.00000312. The van der Waals surface area contributed by atoms with Crippen molar-refractivity contribution in [2.45, 2.75) is 66.8 Å². The molecule has 0 bridgehead atoms. The maximum atomic E-state index is 12.7. The summed E-state index contributed by atoms with van der Waals surface area (Å²) in [4.78, 5) is 14.0. The van der Waals surface area contributed by atoms with E-state index in [1.807, 2.05) is 0 Å². The standard InChI is InChI=1S/C20H28N2OS.BrH/c1-12(2)17-9-8-10-18(13(3)4)20(17)21-19(23)11-22-14(5)15(6)24-16(22)7;/h8-10,12-13H,11H2,1-7H3;1H. The fourth-order valence-electron chi connectivity index (χ4n) is 3.02. The lowest BCUT2D eigenvalue weighted by atomic mass is 9.92. The average molecular weight is 425 g/mol. The van der Waals surface area contributed by atoms with E-state index in [4.69, 9.17) is 0 Å². The van der Waals surface area contributed by atoms with E-state index in [2.05, 4.69) is 76.5 Å². The van der Waals surface area contributed by atoms with Crippen LogP contribution < -0.4 is 26.9 Å². The van der Waals surface area contributed by atoms with Gasteiger partial charge in [0, 0.05) is 19.5 Å². The van der Waals surface area contributed by atoms with Crippen molar-refractivity contribution in [1.82, 2.24) is 0 Å². The lowest BCUT2D eigenvalue weighted by Gasteiger charge is -2.19. The molecule has 3 nitrogen and oxygen atoms in total. The number of benzene rings is 1. The van der Waals surface area contributed by atoms with Gasteiger partial charge in [-0.25, -0.2) is 0 Å². The minimum Gasteiger partial charge on any atom is -1.00 e. The molecule has 138 valence electrons. The van der Waals surface area contributed by atoms with E-state index in [0.717, 1.165) is 5.69 Å². The smallest absolute Gasteiger partial charge is 0.290 e. The van der Waals surface area contributed by atoms with Gasteiger partial charge in [-0.2, -0.15) is 4.57 Å². The van der Waals surface area contributed by atoms with Gasteiger partial charge in [-0.15, -0.1) is 0 Å². The molecule has 1 aromatic carbocycles. The quantitative estimate of drug-likeness (QED) is 0.729. The molecule has 0 radical (unpaired) electrons. The van der Waals surface area contributed by atoms with Crippen LogP contribution in [-0.4, -0.2) is 5.91 Å². The first kappa shape index (κ1) is 21.8. The third kappa shape index (κ3) is 4.91. The maximum Gasteiger partial charge on any atom is 0.290 e. The molecule has 0 saturated carbocycles. The molecule has 5 heteroatoms. The Morgan fingerprint density at radius 1 is 1.08 bits per heavy atom. The molecule has 1 aromatic heterocycles. The predicted molar refractivity (Wildman–Crippen MR) is 102 cm³/mol. The number of hydrogen-bond acceptors (Lipinski definition) is 2. The summed E-state index contributed by atoms with van der Waals surface area (Å²) in [6.07, 6.45) is 0. The third-order valence-electron chi connectivity index (χ3n) is 4.53. The molecule has 0 fully saturated rings. The second kappa shape index (κ2) is 8.95. The summed E-state index contributed by atoms with van der Waals surface area (Å²) in [5, 5.41) is 4.37. The van der Waals surface area contributed by atoms with E-state index in [0.29, 0.717) is 18.4 Å². The predicted octanol–water partition coefficient (Wildman–Crippen LogP) is 1.85. The zero-order valence-electron chi connectivity index (χ0n) is 16.2. The summed E-state index contributed by atoms with van der Waals surface area (Å²) >= 11 is 1.74. The molecule has 0 aliphatic heterocycles. The molecule has 1 amide bonds. The third-order valence-corrected chi connectivity index (χ3v) is 5.65. The monoisotopic (exact) mass is 424 g/mol. The molecule has 0 unspecified atom stereocenters. The van der Waals surface area contributed by atoms with Crippen LogP contribution in [0.5, 0.6) is 0 Å². The van der Waals surface area contributed by atoms with Crippen LogP contribution in [0.3, 0.4) is 0 Å². The zero-order valence-corrected chi connectivity index (χ0v) is 18.6. The van der Waals surface area contributed by atoms with Crippen LogP contribution in [0, 0.1) is 20.8 Å². The van der Waals surface area contributed by atoms with E-state index in [-0.39, 0.29) is 22.9 Å². The number of nitrogens with zero attached hydrogens (tertiary/aromatic N) is 1. The van der Waals surface area contributed by atoms with Crippen LogP contribution in [0.1, 0.15) is 66.2 Å². The van der Waals surface area contributed by atoms with Crippen molar-refractivity contribution in [3.63, 3.8) is 0 Å². The van der Waals surface area contributed by atoms with Crippen LogP contribution >= 0.6 is 11.3 Å². The summed E-state index contributed by atoms with van der Waals surface area (Å²) in [5.74, 6) is 0.788. The van der Waals surface area contributed by atoms with Crippen LogP contribution in [-0.2, 0) is 11.3 Å². The van der Waals surface area contributed by atoms with Gasteiger partial charge in [-0.3, -0.25) is 4.79 Å². The molecule has 0 aliphatic rings. The van der Waals surface area contributed by atoms with E-state index in [9.17, 15) is 4.79 Å². The van der Waals surface area contributed by atoms with Crippen molar-refractivity contribution in [3.8, 4) is 0 Å². The number of thiazole rings is 1. The fourth-order valence-corrected chi connectivity index (χ4v) is 4.04. The zero-order chi connectivity index (χ0) is 18.0. The topological polar surface area (TPSA) is 33.0 Å². The van der Waals surface area contributed by atoms with Gasteiger partial charge in [-0.05, 0) is 29.9 Å². The summed E-state index contributed by atoms with van der Waals surface area (Å²) < 4.78 is 2.10. The number of halogens is 1. The number of rotatable bonds is 5. The molecular formula is C20H29BrN2OS. The number of amides is 1. The molecule has 0 aliphatic carbocycles. The van der Waals surface area contributed by atoms with Gasteiger partial charge in [0.05, 0.1) is 4.88 Å². The highest BCUT2D eigenvalue weighted by Gasteiger charge is 2.22. The maximum absolute atomic E-state index is 12.7. The Kier molecular flexibility index (Phi) is 7.82. The van der Waals surface area contributed by atoms with Crippen LogP contribution in [0.15, 0.2) is 18.2 Å².